The molecule has 2 rings (SSSR count). The van der Waals surface area contributed by atoms with Crippen LogP contribution in [0.25, 0.3) is 0 Å². The Hall–Kier alpha value is -2.21. The van der Waals surface area contributed by atoms with Gasteiger partial charge >= 0.3 is 11.9 Å². The summed E-state index contributed by atoms with van der Waals surface area (Å²) >= 11 is 0. The molecule has 6 nitrogen and oxygen atoms in total. The number of carbonyl (C=O) groups excluding carboxylic acids is 3. The zero-order chi connectivity index (χ0) is 19.3. The Bertz CT molecular complexity index is 672. The lowest BCUT2D eigenvalue weighted by Gasteiger charge is -2.34. The van der Waals surface area contributed by atoms with E-state index in [1.807, 2.05) is 26.0 Å². The van der Waals surface area contributed by atoms with Gasteiger partial charge in [-0.25, -0.2) is 0 Å². The highest BCUT2D eigenvalue weighted by atomic mass is 16.6. The summed E-state index contributed by atoms with van der Waals surface area (Å²) in [5.74, 6) is -1.01. The van der Waals surface area contributed by atoms with Crippen molar-refractivity contribution in [1.29, 1.82) is 0 Å². The minimum atomic E-state index is -1.01. The zero-order valence-corrected chi connectivity index (χ0v) is 15.5. The Balaban J connectivity index is 2.17. The van der Waals surface area contributed by atoms with Crippen LogP contribution < -0.4 is 0 Å². The summed E-state index contributed by atoms with van der Waals surface area (Å²) in [6, 6.07) is 0. The lowest BCUT2D eigenvalue weighted by atomic mass is 9.69. The summed E-state index contributed by atoms with van der Waals surface area (Å²) in [7, 11) is 0. The summed E-state index contributed by atoms with van der Waals surface area (Å²) in [5.41, 5.74) is 0.889. The summed E-state index contributed by atoms with van der Waals surface area (Å²) in [6.07, 6.45) is 7.27. The number of allylic oxidation sites excluding steroid dienone is 3. The van der Waals surface area contributed by atoms with Crippen molar-refractivity contribution in [1.82, 2.24) is 0 Å². The molecular weight excluding hydrogens is 336 g/mol. The van der Waals surface area contributed by atoms with Gasteiger partial charge in [-0.15, -0.1) is 0 Å². The molecule has 0 amide bonds. The Morgan fingerprint density at radius 3 is 2.73 bits per heavy atom. The molecule has 6 heteroatoms. The van der Waals surface area contributed by atoms with E-state index in [9.17, 15) is 14.4 Å². The molecule has 1 heterocycles. The number of aliphatic hydroxyl groups excluding tert-OH is 1. The van der Waals surface area contributed by atoms with Crippen LogP contribution in [0.4, 0.5) is 0 Å². The Morgan fingerprint density at radius 1 is 1.35 bits per heavy atom. The smallest absolute Gasteiger partial charge is 0.307 e. The standard InChI is InChI=1S/C20H26O6/c1-13(5-4-6-14(2)12-21)9-18-20(11-19(24)26-18)10-16(25-15(3)22)7-8-17(20)23/h6-9,16,18,21H,4-5,10-12H2,1-3H3/b13-9+,14-6+/t16-,18-,20?/m1/s1. The molecule has 1 aliphatic carbocycles. The molecule has 0 aromatic rings. The molecule has 1 fully saturated rings. The lowest BCUT2D eigenvalue weighted by Crippen LogP contribution is -2.43. The van der Waals surface area contributed by atoms with Gasteiger partial charge in [-0.2, -0.15) is 0 Å². The summed E-state index contributed by atoms with van der Waals surface area (Å²) in [4.78, 5) is 35.8. The fourth-order valence-corrected chi connectivity index (χ4v) is 3.40. The van der Waals surface area contributed by atoms with E-state index in [1.54, 1.807) is 6.08 Å². The second kappa shape index (κ2) is 8.45. The molecule has 1 saturated heterocycles. The number of rotatable bonds is 6. The van der Waals surface area contributed by atoms with Crippen LogP contribution in [0.1, 0.15) is 46.5 Å². The molecule has 0 aromatic carbocycles. The molecule has 0 radical (unpaired) electrons. The van der Waals surface area contributed by atoms with Crippen molar-refractivity contribution in [3.63, 3.8) is 0 Å². The molecule has 2 aliphatic rings. The Labute approximate surface area is 153 Å². The Kier molecular flexibility index (Phi) is 6.53. The number of hydrogen-bond donors (Lipinski definition) is 1. The highest BCUT2D eigenvalue weighted by Crippen LogP contribution is 2.45. The molecule has 142 valence electrons. The second-order valence-electron chi connectivity index (χ2n) is 7.08. The number of ether oxygens (including phenoxy) is 2. The monoisotopic (exact) mass is 362 g/mol. The van der Waals surface area contributed by atoms with Crippen molar-refractivity contribution in [2.45, 2.75) is 58.7 Å². The maximum absolute atomic E-state index is 12.6. The molecule has 0 aromatic heterocycles. The average molecular weight is 362 g/mol. The predicted octanol–water partition coefficient (Wildman–Crippen LogP) is 2.41. The van der Waals surface area contributed by atoms with Crippen LogP contribution in [-0.4, -0.2) is 41.6 Å². The molecule has 1 N–H and O–H groups in total. The quantitative estimate of drug-likeness (QED) is 0.576. The number of esters is 2. The molecule has 0 saturated carbocycles. The van der Waals surface area contributed by atoms with E-state index in [4.69, 9.17) is 14.6 Å². The van der Waals surface area contributed by atoms with Crippen LogP contribution in [-0.2, 0) is 23.9 Å². The van der Waals surface area contributed by atoms with Gasteiger partial charge in [0.2, 0.25) is 0 Å². The number of hydrogen-bond acceptors (Lipinski definition) is 6. The summed E-state index contributed by atoms with van der Waals surface area (Å²) < 4.78 is 10.7. The normalized spacial score (nSPS) is 29.2. The van der Waals surface area contributed by atoms with E-state index in [1.165, 1.54) is 13.0 Å². The van der Waals surface area contributed by atoms with Gasteiger partial charge in [0.25, 0.3) is 0 Å². The summed E-state index contributed by atoms with van der Waals surface area (Å²) in [5, 5.41) is 9.02. The third kappa shape index (κ3) is 4.69. The first kappa shape index (κ1) is 20.1. The molecule has 1 spiro atoms. The fraction of sp³-hybridized carbons (Fsp3) is 0.550. The second-order valence-corrected chi connectivity index (χ2v) is 7.08. The van der Waals surface area contributed by atoms with Gasteiger partial charge in [-0.1, -0.05) is 17.2 Å². The maximum Gasteiger partial charge on any atom is 0.307 e. The minimum Gasteiger partial charge on any atom is -0.458 e. The highest BCUT2D eigenvalue weighted by Gasteiger charge is 2.55. The Morgan fingerprint density at radius 2 is 2.08 bits per heavy atom. The van der Waals surface area contributed by atoms with Crippen LogP contribution in [0.3, 0.4) is 0 Å². The van der Waals surface area contributed by atoms with Crippen molar-refractivity contribution < 1.29 is 29.0 Å². The first-order valence-electron chi connectivity index (χ1n) is 8.80. The van der Waals surface area contributed by atoms with Crippen LogP contribution in [0.5, 0.6) is 0 Å². The molecule has 1 unspecified atom stereocenters. The van der Waals surface area contributed by atoms with Gasteiger partial charge in [0.1, 0.15) is 12.2 Å². The van der Waals surface area contributed by atoms with Crippen molar-refractivity contribution in [2.24, 2.45) is 5.41 Å². The number of carbonyl (C=O) groups is 3. The number of cyclic esters (lactones) is 1. The molecule has 26 heavy (non-hydrogen) atoms. The van der Waals surface area contributed by atoms with Crippen LogP contribution in [0.15, 0.2) is 35.5 Å². The van der Waals surface area contributed by atoms with Gasteiger partial charge in [-0.05, 0) is 44.9 Å². The topological polar surface area (TPSA) is 89.9 Å². The largest absolute Gasteiger partial charge is 0.458 e. The van der Waals surface area contributed by atoms with Crippen LogP contribution >= 0.6 is 0 Å². The zero-order valence-electron chi connectivity index (χ0n) is 15.5. The first-order valence-corrected chi connectivity index (χ1v) is 8.80. The van der Waals surface area contributed by atoms with Crippen molar-refractivity contribution in [2.75, 3.05) is 6.61 Å². The van der Waals surface area contributed by atoms with E-state index in [2.05, 4.69) is 0 Å². The van der Waals surface area contributed by atoms with Crippen molar-refractivity contribution >= 4 is 17.7 Å². The van der Waals surface area contributed by atoms with E-state index < -0.39 is 29.6 Å². The van der Waals surface area contributed by atoms with Gasteiger partial charge in [0.15, 0.2) is 5.78 Å². The maximum atomic E-state index is 12.6. The molecular formula is C20H26O6. The van der Waals surface area contributed by atoms with Gasteiger partial charge < -0.3 is 14.6 Å². The minimum absolute atomic E-state index is 0.00803. The third-order valence-electron chi connectivity index (χ3n) is 4.82. The van der Waals surface area contributed by atoms with E-state index in [-0.39, 0.29) is 25.2 Å². The summed E-state index contributed by atoms with van der Waals surface area (Å²) in [6.45, 7) is 5.13. The van der Waals surface area contributed by atoms with E-state index in [0.29, 0.717) is 0 Å². The van der Waals surface area contributed by atoms with Gasteiger partial charge in [-0.3, -0.25) is 14.4 Å². The SMILES string of the molecule is CC(=O)O[C@@H]1C=CC(=O)C2(CC(=O)O[C@@H]2/C=C(\C)CC/C=C(\C)CO)C1. The van der Waals surface area contributed by atoms with Crippen LogP contribution in [0.2, 0.25) is 0 Å². The van der Waals surface area contributed by atoms with Gasteiger partial charge in [0.05, 0.1) is 18.4 Å². The number of ketones is 1. The fourth-order valence-electron chi connectivity index (χ4n) is 3.40. The predicted molar refractivity (Wildman–Crippen MR) is 95.1 cm³/mol. The number of aliphatic hydroxyl groups is 1. The molecule has 0 bridgehead atoms. The highest BCUT2D eigenvalue weighted by molar-refractivity contribution is 6.00. The lowest BCUT2D eigenvalue weighted by molar-refractivity contribution is -0.148. The molecule has 3 atom stereocenters. The van der Waals surface area contributed by atoms with E-state index in [0.717, 1.165) is 24.0 Å². The van der Waals surface area contributed by atoms with Crippen molar-refractivity contribution in [3.05, 3.63) is 35.5 Å². The van der Waals surface area contributed by atoms with Gasteiger partial charge in [0, 0.05) is 13.3 Å². The molecule has 1 aliphatic heterocycles. The van der Waals surface area contributed by atoms with E-state index >= 15 is 0 Å². The van der Waals surface area contributed by atoms with Crippen molar-refractivity contribution in [3.8, 4) is 0 Å². The van der Waals surface area contributed by atoms with Crippen LogP contribution in [0, 0.1) is 5.41 Å². The third-order valence-corrected chi connectivity index (χ3v) is 4.82. The average Bonchev–Trinajstić information content (AvgIpc) is 2.86. The first-order chi connectivity index (χ1) is 12.3.